The van der Waals surface area contributed by atoms with Gasteiger partial charge in [-0.3, -0.25) is 4.98 Å². The summed E-state index contributed by atoms with van der Waals surface area (Å²) in [6.07, 6.45) is 3.73. The number of anilines is 1. The van der Waals surface area contributed by atoms with E-state index in [0.717, 1.165) is 17.6 Å². The third kappa shape index (κ3) is 1.71. The standard InChI is InChI=1S/C13H11BrN2/c14-12-5-13(7-15-6-12)16-8-10-3-1-2-4-11(10)9-16/h1-7H,8-9H2. The Hall–Kier alpha value is -1.35. The predicted octanol–water partition coefficient (Wildman–Crippen LogP) is 3.36. The van der Waals surface area contributed by atoms with E-state index in [-0.39, 0.29) is 0 Å². The first-order chi connectivity index (χ1) is 7.83. The average molecular weight is 275 g/mol. The van der Waals surface area contributed by atoms with E-state index in [0.29, 0.717) is 0 Å². The van der Waals surface area contributed by atoms with Gasteiger partial charge in [-0.25, -0.2) is 0 Å². The van der Waals surface area contributed by atoms with Crippen LogP contribution in [0.15, 0.2) is 47.2 Å². The molecule has 3 heteroatoms. The first-order valence-corrected chi connectivity index (χ1v) is 6.04. The zero-order chi connectivity index (χ0) is 11.0. The van der Waals surface area contributed by atoms with E-state index in [1.807, 2.05) is 12.4 Å². The topological polar surface area (TPSA) is 16.1 Å². The lowest BCUT2D eigenvalue weighted by Crippen LogP contribution is -2.14. The minimum atomic E-state index is 0.980. The van der Waals surface area contributed by atoms with Crippen molar-refractivity contribution < 1.29 is 0 Å². The summed E-state index contributed by atoms with van der Waals surface area (Å²) < 4.78 is 1.03. The first kappa shape index (κ1) is 9.85. The third-order valence-corrected chi connectivity index (χ3v) is 3.33. The maximum Gasteiger partial charge on any atom is 0.0570 e. The summed E-state index contributed by atoms with van der Waals surface area (Å²) in [4.78, 5) is 6.54. The van der Waals surface area contributed by atoms with Crippen LogP contribution in [0.1, 0.15) is 11.1 Å². The van der Waals surface area contributed by atoms with E-state index < -0.39 is 0 Å². The van der Waals surface area contributed by atoms with Crippen LogP contribution in [0.5, 0.6) is 0 Å². The third-order valence-electron chi connectivity index (χ3n) is 2.90. The number of aromatic nitrogens is 1. The number of pyridine rings is 1. The molecule has 1 aliphatic heterocycles. The maximum absolute atomic E-state index is 4.20. The zero-order valence-corrected chi connectivity index (χ0v) is 10.3. The van der Waals surface area contributed by atoms with Gasteiger partial charge < -0.3 is 4.90 Å². The smallest absolute Gasteiger partial charge is 0.0570 e. The Kier molecular flexibility index (Phi) is 2.40. The maximum atomic E-state index is 4.20. The summed E-state index contributed by atoms with van der Waals surface area (Å²) in [5.74, 6) is 0. The van der Waals surface area contributed by atoms with Gasteiger partial charge in [0.15, 0.2) is 0 Å². The van der Waals surface area contributed by atoms with Crippen LogP contribution >= 0.6 is 15.9 Å². The van der Waals surface area contributed by atoms with Crippen molar-refractivity contribution in [3.63, 3.8) is 0 Å². The van der Waals surface area contributed by atoms with E-state index in [1.165, 1.54) is 16.8 Å². The quantitative estimate of drug-likeness (QED) is 0.793. The van der Waals surface area contributed by atoms with Crippen molar-refractivity contribution in [2.75, 3.05) is 4.90 Å². The van der Waals surface area contributed by atoms with E-state index >= 15 is 0 Å². The molecule has 3 rings (SSSR count). The number of nitrogens with zero attached hydrogens (tertiary/aromatic N) is 2. The molecule has 2 heterocycles. The summed E-state index contributed by atoms with van der Waals surface area (Å²) in [6.45, 7) is 1.96. The Bertz CT molecular complexity index is 500. The van der Waals surface area contributed by atoms with Crippen molar-refractivity contribution >= 4 is 21.6 Å². The SMILES string of the molecule is Brc1cncc(N2Cc3ccccc3C2)c1. The number of rotatable bonds is 1. The molecule has 0 bridgehead atoms. The zero-order valence-electron chi connectivity index (χ0n) is 8.73. The van der Waals surface area contributed by atoms with Gasteiger partial charge in [-0.15, -0.1) is 0 Å². The van der Waals surface area contributed by atoms with Gasteiger partial charge in [0.2, 0.25) is 0 Å². The van der Waals surface area contributed by atoms with Gasteiger partial charge in [0, 0.05) is 23.8 Å². The summed E-state index contributed by atoms with van der Waals surface area (Å²) in [7, 11) is 0. The average Bonchev–Trinajstić information content (AvgIpc) is 2.72. The second-order valence-corrected chi connectivity index (χ2v) is 4.90. The van der Waals surface area contributed by atoms with Crippen molar-refractivity contribution in [1.29, 1.82) is 0 Å². The van der Waals surface area contributed by atoms with Crippen LogP contribution in [0.2, 0.25) is 0 Å². The second kappa shape index (κ2) is 3.91. The van der Waals surface area contributed by atoms with Crippen molar-refractivity contribution in [3.8, 4) is 0 Å². The van der Waals surface area contributed by atoms with E-state index in [2.05, 4.69) is 56.1 Å². The minimum absolute atomic E-state index is 0.980. The normalized spacial score (nSPS) is 13.9. The van der Waals surface area contributed by atoms with E-state index in [4.69, 9.17) is 0 Å². The van der Waals surface area contributed by atoms with Crippen LogP contribution in [0, 0.1) is 0 Å². The second-order valence-electron chi connectivity index (χ2n) is 3.99. The van der Waals surface area contributed by atoms with Crippen molar-refractivity contribution in [3.05, 3.63) is 58.3 Å². The molecular weight excluding hydrogens is 264 g/mol. The fourth-order valence-corrected chi connectivity index (χ4v) is 2.44. The number of fused-ring (bicyclic) bond motifs is 1. The van der Waals surface area contributed by atoms with Gasteiger partial charge >= 0.3 is 0 Å². The molecule has 0 amide bonds. The van der Waals surface area contributed by atoms with Crippen molar-refractivity contribution in [2.24, 2.45) is 0 Å². The van der Waals surface area contributed by atoms with Gasteiger partial charge in [-0.2, -0.15) is 0 Å². The van der Waals surface area contributed by atoms with Gasteiger partial charge in [0.1, 0.15) is 0 Å². The lowest BCUT2D eigenvalue weighted by molar-refractivity contribution is 0.875. The number of halogens is 1. The van der Waals surface area contributed by atoms with Crippen LogP contribution in [0.25, 0.3) is 0 Å². The highest BCUT2D eigenvalue weighted by Gasteiger charge is 2.18. The molecule has 0 unspecified atom stereocenters. The molecule has 0 saturated heterocycles. The highest BCUT2D eigenvalue weighted by Crippen LogP contribution is 2.28. The summed E-state index contributed by atoms with van der Waals surface area (Å²) in [5.41, 5.74) is 4.01. The molecular formula is C13H11BrN2. The number of benzene rings is 1. The molecule has 1 aromatic carbocycles. The molecule has 0 spiro atoms. The van der Waals surface area contributed by atoms with Gasteiger partial charge in [-0.05, 0) is 33.1 Å². The molecule has 0 fully saturated rings. The number of hydrogen-bond acceptors (Lipinski definition) is 2. The van der Waals surface area contributed by atoms with Crippen LogP contribution in [0.4, 0.5) is 5.69 Å². The molecule has 1 aromatic heterocycles. The fourth-order valence-electron chi connectivity index (χ4n) is 2.09. The van der Waals surface area contributed by atoms with Gasteiger partial charge in [-0.1, -0.05) is 24.3 Å². The monoisotopic (exact) mass is 274 g/mol. The van der Waals surface area contributed by atoms with Crippen LogP contribution < -0.4 is 4.90 Å². The Morgan fingerprint density at radius 3 is 2.38 bits per heavy atom. The molecule has 80 valence electrons. The van der Waals surface area contributed by atoms with E-state index in [9.17, 15) is 0 Å². The molecule has 2 nitrogen and oxygen atoms in total. The summed E-state index contributed by atoms with van der Waals surface area (Å²) >= 11 is 3.46. The largest absolute Gasteiger partial charge is 0.362 e. The Morgan fingerprint density at radius 1 is 1.06 bits per heavy atom. The van der Waals surface area contributed by atoms with Gasteiger partial charge in [0.25, 0.3) is 0 Å². The highest BCUT2D eigenvalue weighted by atomic mass is 79.9. The Labute approximate surface area is 103 Å². The molecule has 16 heavy (non-hydrogen) atoms. The highest BCUT2D eigenvalue weighted by molar-refractivity contribution is 9.10. The molecule has 0 aliphatic carbocycles. The van der Waals surface area contributed by atoms with E-state index in [1.54, 1.807) is 0 Å². The predicted molar refractivity (Wildman–Crippen MR) is 68.3 cm³/mol. The first-order valence-electron chi connectivity index (χ1n) is 5.25. The molecule has 0 atom stereocenters. The van der Waals surface area contributed by atoms with Crippen LogP contribution in [-0.4, -0.2) is 4.98 Å². The van der Waals surface area contributed by atoms with Crippen LogP contribution in [-0.2, 0) is 13.1 Å². The Morgan fingerprint density at radius 2 is 1.75 bits per heavy atom. The summed E-state index contributed by atoms with van der Waals surface area (Å²) in [6, 6.07) is 10.7. The fraction of sp³-hybridized carbons (Fsp3) is 0.154. The van der Waals surface area contributed by atoms with Crippen LogP contribution in [0.3, 0.4) is 0 Å². The molecule has 1 aliphatic rings. The van der Waals surface area contributed by atoms with Crippen molar-refractivity contribution in [1.82, 2.24) is 4.98 Å². The molecule has 0 radical (unpaired) electrons. The summed E-state index contributed by atoms with van der Waals surface area (Å²) in [5, 5.41) is 0. The van der Waals surface area contributed by atoms with Gasteiger partial charge in [0.05, 0.1) is 11.9 Å². The molecule has 2 aromatic rings. The molecule has 0 N–H and O–H groups in total. The molecule has 0 saturated carbocycles. The lowest BCUT2D eigenvalue weighted by atomic mass is 10.1. The number of hydrogen-bond donors (Lipinski definition) is 0. The minimum Gasteiger partial charge on any atom is -0.362 e. The Balaban J connectivity index is 1.91. The lowest BCUT2D eigenvalue weighted by Gasteiger charge is -2.17. The van der Waals surface area contributed by atoms with Crippen molar-refractivity contribution in [2.45, 2.75) is 13.1 Å².